The van der Waals surface area contributed by atoms with Crippen molar-refractivity contribution in [2.24, 2.45) is 5.73 Å². The third-order valence-electron chi connectivity index (χ3n) is 2.65. The van der Waals surface area contributed by atoms with Gasteiger partial charge in [-0.3, -0.25) is 0 Å². The van der Waals surface area contributed by atoms with Crippen LogP contribution in [0.3, 0.4) is 0 Å². The van der Waals surface area contributed by atoms with Crippen molar-refractivity contribution in [1.29, 1.82) is 0 Å². The minimum absolute atomic E-state index is 0.604. The zero-order valence-corrected chi connectivity index (χ0v) is 11.5. The molecule has 0 bridgehead atoms. The Balaban J connectivity index is 2.31. The monoisotopic (exact) mass is 284 g/mol. The molecule has 0 aliphatic rings. The van der Waals surface area contributed by atoms with Crippen LogP contribution in [0.5, 0.6) is 0 Å². The van der Waals surface area contributed by atoms with Gasteiger partial charge in [0.05, 0.1) is 22.6 Å². The molecule has 0 amide bonds. The molecule has 1 aromatic heterocycles. The molecular formula is C12H14Cl2N4. The molecule has 0 atom stereocenters. The number of aromatic nitrogens is 3. The molecule has 2 aromatic rings. The molecule has 0 aliphatic carbocycles. The van der Waals surface area contributed by atoms with Crippen LogP contribution in [0.4, 0.5) is 0 Å². The van der Waals surface area contributed by atoms with Crippen molar-refractivity contribution in [3.05, 3.63) is 39.6 Å². The molecule has 0 spiro atoms. The van der Waals surface area contributed by atoms with Crippen LogP contribution in [0.2, 0.25) is 10.0 Å². The molecule has 0 unspecified atom stereocenters. The van der Waals surface area contributed by atoms with E-state index in [-0.39, 0.29) is 0 Å². The largest absolute Gasteiger partial charge is 0.330 e. The van der Waals surface area contributed by atoms with E-state index in [1.165, 1.54) is 0 Å². The van der Waals surface area contributed by atoms with Crippen molar-refractivity contribution in [3.8, 4) is 5.69 Å². The topological polar surface area (TPSA) is 56.7 Å². The van der Waals surface area contributed by atoms with E-state index in [0.29, 0.717) is 16.6 Å². The lowest BCUT2D eigenvalue weighted by atomic mass is 10.2. The third kappa shape index (κ3) is 2.83. The van der Waals surface area contributed by atoms with Crippen molar-refractivity contribution < 1.29 is 0 Å². The number of rotatable bonds is 4. The second kappa shape index (κ2) is 5.69. The van der Waals surface area contributed by atoms with Crippen LogP contribution in [-0.2, 0) is 6.42 Å². The number of aryl methyl sites for hydroxylation is 2. The first-order chi connectivity index (χ1) is 8.61. The third-order valence-corrected chi connectivity index (χ3v) is 3.36. The fourth-order valence-corrected chi connectivity index (χ4v) is 2.09. The maximum absolute atomic E-state index is 6.18. The van der Waals surface area contributed by atoms with Gasteiger partial charge in [-0.15, -0.1) is 5.10 Å². The number of nitrogens with two attached hydrogens (primary N) is 1. The number of hydrogen-bond acceptors (Lipinski definition) is 3. The molecule has 0 saturated heterocycles. The summed E-state index contributed by atoms with van der Waals surface area (Å²) >= 11 is 12.3. The first-order valence-corrected chi connectivity index (χ1v) is 6.44. The van der Waals surface area contributed by atoms with E-state index in [1.807, 2.05) is 19.2 Å². The Morgan fingerprint density at radius 1 is 1.28 bits per heavy atom. The van der Waals surface area contributed by atoms with Gasteiger partial charge < -0.3 is 5.73 Å². The highest BCUT2D eigenvalue weighted by Crippen LogP contribution is 2.27. The first-order valence-electron chi connectivity index (χ1n) is 5.69. The zero-order valence-electron chi connectivity index (χ0n) is 10.0. The minimum Gasteiger partial charge on any atom is -0.330 e. The molecule has 1 heterocycles. The highest BCUT2D eigenvalue weighted by molar-refractivity contribution is 6.35. The van der Waals surface area contributed by atoms with Crippen LogP contribution in [0.15, 0.2) is 18.3 Å². The summed E-state index contributed by atoms with van der Waals surface area (Å²) in [4.78, 5) is 0. The van der Waals surface area contributed by atoms with Gasteiger partial charge >= 0.3 is 0 Å². The molecule has 0 fully saturated rings. The lowest BCUT2D eigenvalue weighted by Gasteiger charge is -2.06. The number of nitrogens with zero attached hydrogens (tertiary/aromatic N) is 3. The molecule has 96 valence electrons. The SMILES string of the molecule is Cc1cc(Cl)c(-n2cc(CCCN)nn2)cc1Cl. The number of hydrogen-bond donors (Lipinski definition) is 1. The van der Waals surface area contributed by atoms with Crippen molar-refractivity contribution in [2.45, 2.75) is 19.8 Å². The maximum Gasteiger partial charge on any atom is 0.0864 e. The molecule has 6 heteroatoms. The van der Waals surface area contributed by atoms with Gasteiger partial charge in [0.15, 0.2) is 0 Å². The van der Waals surface area contributed by atoms with E-state index in [1.54, 1.807) is 10.7 Å². The van der Waals surface area contributed by atoms with Crippen molar-refractivity contribution in [1.82, 2.24) is 15.0 Å². The molecule has 0 aliphatic heterocycles. The predicted octanol–water partition coefficient (Wildman–Crippen LogP) is 2.77. The summed E-state index contributed by atoms with van der Waals surface area (Å²) < 4.78 is 1.64. The average molecular weight is 285 g/mol. The predicted molar refractivity (Wildman–Crippen MR) is 73.5 cm³/mol. The van der Waals surface area contributed by atoms with Crippen molar-refractivity contribution in [3.63, 3.8) is 0 Å². The zero-order chi connectivity index (χ0) is 13.1. The lowest BCUT2D eigenvalue weighted by Crippen LogP contribution is -2.00. The molecule has 2 rings (SSSR count). The van der Waals surface area contributed by atoms with E-state index in [4.69, 9.17) is 28.9 Å². The minimum atomic E-state index is 0.604. The van der Waals surface area contributed by atoms with Crippen LogP contribution in [0.1, 0.15) is 17.7 Å². The number of halogens is 2. The molecule has 18 heavy (non-hydrogen) atoms. The van der Waals surface area contributed by atoms with Gasteiger partial charge in [0.25, 0.3) is 0 Å². The second-order valence-corrected chi connectivity index (χ2v) is 4.91. The van der Waals surface area contributed by atoms with Gasteiger partial charge in [-0.2, -0.15) is 0 Å². The van der Waals surface area contributed by atoms with Crippen LogP contribution >= 0.6 is 23.2 Å². The summed E-state index contributed by atoms with van der Waals surface area (Å²) in [5.41, 5.74) is 8.03. The molecule has 2 N–H and O–H groups in total. The van der Waals surface area contributed by atoms with E-state index in [0.717, 1.165) is 29.8 Å². The van der Waals surface area contributed by atoms with Crippen LogP contribution in [0.25, 0.3) is 5.69 Å². The van der Waals surface area contributed by atoms with E-state index >= 15 is 0 Å². The number of benzene rings is 1. The Morgan fingerprint density at radius 3 is 2.78 bits per heavy atom. The quantitative estimate of drug-likeness (QED) is 0.939. The van der Waals surface area contributed by atoms with Gasteiger partial charge in [-0.05, 0) is 44.0 Å². The Hall–Kier alpha value is -1.10. The van der Waals surface area contributed by atoms with Gasteiger partial charge in [-0.25, -0.2) is 4.68 Å². The fourth-order valence-electron chi connectivity index (χ4n) is 1.63. The standard InChI is InChI=1S/C12H14Cl2N4/c1-8-5-11(14)12(6-10(8)13)18-7-9(16-17-18)3-2-4-15/h5-7H,2-4,15H2,1H3. The summed E-state index contributed by atoms with van der Waals surface area (Å²) in [6.07, 6.45) is 3.55. The Morgan fingerprint density at radius 2 is 2.06 bits per heavy atom. The Bertz CT molecular complexity index is 551. The van der Waals surface area contributed by atoms with Gasteiger partial charge in [-0.1, -0.05) is 28.4 Å². The van der Waals surface area contributed by atoms with E-state index in [2.05, 4.69) is 10.3 Å². The fraction of sp³-hybridized carbons (Fsp3) is 0.333. The van der Waals surface area contributed by atoms with Crippen LogP contribution in [-0.4, -0.2) is 21.5 Å². The second-order valence-electron chi connectivity index (χ2n) is 4.10. The molecule has 4 nitrogen and oxygen atoms in total. The highest BCUT2D eigenvalue weighted by atomic mass is 35.5. The van der Waals surface area contributed by atoms with Crippen LogP contribution in [0, 0.1) is 6.92 Å². The molecule has 0 radical (unpaired) electrons. The normalized spacial score (nSPS) is 10.9. The Labute approximate surface area is 116 Å². The van der Waals surface area contributed by atoms with Crippen molar-refractivity contribution in [2.75, 3.05) is 6.54 Å². The maximum atomic E-state index is 6.18. The van der Waals surface area contributed by atoms with Gasteiger partial charge in [0.1, 0.15) is 0 Å². The highest BCUT2D eigenvalue weighted by Gasteiger charge is 2.09. The summed E-state index contributed by atoms with van der Waals surface area (Å²) in [5, 5.41) is 9.40. The molecular weight excluding hydrogens is 271 g/mol. The van der Waals surface area contributed by atoms with Gasteiger partial charge in [0.2, 0.25) is 0 Å². The summed E-state index contributed by atoms with van der Waals surface area (Å²) in [6, 6.07) is 3.61. The van der Waals surface area contributed by atoms with Gasteiger partial charge in [0, 0.05) is 5.02 Å². The lowest BCUT2D eigenvalue weighted by molar-refractivity contribution is 0.779. The summed E-state index contributed by atoms with van der Waals surface area (Å²) in [7, 11) is 0. The first kappa shape index (κ1) is 13.3. The smallest absolute Gasteiger partial charge is 0.0864 e. The summed E-state index contributed by atoms with van der Waals surface area (Å²) in [5.74, 6) is 0. The molecule has 0 saturated carbocycles. The average Bonchev–Trinajstić information content (AvgIpc) is 2.79. The molecule has 1 aromatic carbocycles. The van der Waals surface area contributed by atoms with Crippen LogP contribution < -0.4 is 5.73 Å². The van der Waals surface area contributed by atoms with E-state index in [9.17, 15) is 0 Å². The Kier molecular flexibility index (Phi) is 4.22. The van der Waals surface area contributed by atoms with Crippen molar-refractivity contribution >= 4 is 23.2 Å². The summed E-state index contributed by atoms with van der Waals surface area (Å²) in [6.45, 7) is 2.55. The van der Waals surface area contributed by atoms with E-state index < -0.39 is 0 Å².